The van der Waals surface area contributed by atoms with Crippen LogP contribution in [0.25, 0.3) is 0 Å². The molecule has 0 atom stereocenters. The monoisotopic (exact) mass is 295 g/mol. The predicted molar refractivity (Wildman–Crippen MR) is 64.7 cm³/mol. The molecule has 0 aromatic carbocycles. The molecule has 0 amide bonds. The Labute approximate surface area is 110 Å². The van der Waals surface area contributed by atoms with Gasteiger partial charge in [0, 0.05) is 13.6 Å². The van der Waals surface area contributed by atoms with E-state index in [1.54, 1.807) is 14.0 Å². The highest BCUT2D eigenvalue weighted by Gasteiger charge is 2.30. The zero-order valence-electron chi connectivity index (χ0n) is 10.3. The summed E-state index contributed by atoms with van der Waals surface area (Å²) in [7, 11) is -1.13. The van der Waals surface area contributed by atoms with Gasteiger partial charge in [-0.3, -0.25) is 4.79 Å². The van der Waals surface area contributed by atoms with Crippen molar-refractivity contribution in [1.29, 1.82) is 0 Å². The number of aromatic nitrogens is 2. The van der Waals surface area contributed by atoms with Crippen molar-refractivity contribution in [3.05, 3.63) is 11.5 Å². The number of hydrogen-bond donors (Lipinski definition) is 0. The lowest BCUT2D eigenvalue weighted by atomic mass is 10.6. The number of rotatable bonds is 5. The van der Waals surface area contributed by atoms with Gasteiger partial charge in [-0.2, -0.15) is 4.31 Å². The lowest BCUT2D eigenvalue weighted by molar-refractivity contribution is -0.140. The number of imidazole rings is 1. The van der Waals surface area contributed by atoms with Crippen LogP contribution < -0.4 is 0 Å². The molecule has 0 unspecified atom stereocenters. The van der Waals surface area contributed by atoms with Gasteiger partial charge in [-0.15, -0.1) is 0 Å². The van der Waals surface area contributed by atoms with Gasteiger partial charge in [-0.25, -0.2) is 13.4 Å². The van der Waals surface area contributed by atoms with Gasteiger partial charge < -0.3 is 9.30 Å². The lowest BCUT2D eigenvalue weighted by Gasteiger charge is -2.17. The summed E-state index contributed by atoms with van der Waals surface area (Å²) in [6.45, 7) is 1.35. The maximum Gasteiger partial charge on any atom is 0.321 e. The summed E-state index contributed by atoms with van der Waals surface area (Å²) in [6, 6.07) is 0. The zero-order valence-corrected chi connectivity index (χ0v) is 11.8. The number of hydrogen-bond acceptors (Lipinski definition) is 5. The molecule has 9 heteroatoms. The number of sulfonamides is 1. The van der Waals surface area contributed by atoms with Gasteiger partial charge in [0.25, 0.3) is 10.0 Å². The normalized spacial score (nSPS) is 11.8. The van der Waals surface area contributed by atoms with Crippen molar-refractivity contribution < 1.29 is 17.9 Å². The first kappa shape index (κ1) is 14.9. The summed E-state index contributed by atoms with van der Waals surface area (Å²) < 4.78 is 31.2. The van der Waals surface area contributed by atoms with E-state index in [4.69, 9.17) is 11.6 Å². The number of halogens is 1. The molecule has 1 heterocycles. The molecule has 0 bridgehead atoms. The van der Waals surface area contributed by atoms with Gasteiger partial charge in [0.2, 0.25) is 5.03 Å². The summed E-state index contributed by atoms with van der Waals surface area (Å²) in [5, 5.41) is -0.268. The smallest absolute Gasteiger partial charge is 0.321 e. The largest absolute Gasteiger partial charge is 0.468 e. The third-order valence-electron chi connectivity index (χ3n) is 2.30. The van der Waals surface area contributed by atoms with Crippen molar-refractivity contribution in [3.63, 3.8) is 0 Å². The molecule has 0 N–H and O–H groups in total. The minimum absolute atomic E-state index is 0.00156. The minimum atomic E-state index is -3.90. The van der Waals surface area contributed by atoms with E-state index in [9.17, 15) is 13.2 Å². The number of likely N-dealkylation sites (N-methyl/N-ethyl adjacent to an activating group) is 1. The number of aryl methyl sites for hydroxylation is 1. The minimum Gasteiger partial charge on any atom is -0.468 e. The molecule has 102 valence electrons. The van der Waals surface area contributed by atoms with Crippen LogP contribution in [0.15, 0.2) is 11.4 Å². The first-order valence-electron chi connectivity index (χ1n) is 5.08. The molecule has 1 aromatic heterocycles. The van der Waals surface area contributed by atoms with E-state index in [1.807, 2.05) is 0 Å². The highest BCUT2D eigenvalue weighted by Crippen LogP contribution is 2.22. The Bertz CT molecular complexity index is 540. The second-order valence-corrected chi connectivity index (χ2v) is 5.67. The van der Waals surface area contributed by atoms with Crippen LogP contribution >= 0.6 is 11.6 Å². The summed E-state index contributed by atoms with van der Waals surface area (Å²) in [5.74, 6) is -0.646. The summed E-state index contributed by atoms with van der Waals surface area (Å²) >= 11 is 5.84. The van der Waals surface area contributed by atoms with E-state index < -0.39 is 16.0 Å². The van der Waals surface area contributed by atoms with Crippen LogP contribution in [0.5, 0.6) is 0 Å². The second kappa shape index (κ2) is 5.68. The first-order chi connectivity index (χ1) is 8.34. The third kappa shape index (κ3) is 2.82. The van der Waals surface area contributed by atoms with Crippen molar-refractivity contribution in [3.8, 4) is 0 Å². The van der Waals surface area contributed by atoms with Crippen LogP contribution in [-0.4, -0.2) is 48.4 Å². The number of methoxy groups -OCH3 is 1. The molecule has 0 saturated carbocycles. The summed E-state index contributed by atoms with van der Waals surface area (Å²) in [5.41, 5.74) is 0. The number of ether oxygens (including phenoxy) is 1. The van der Waals surface area contributed by atoms with Gasteiger partial charge in [0.15, 0.2) is 0 Å². The fourth-order valence-electron chi connectivity index (χ4n) is 1.26. The van der Waals surface area contributed by atoms with Crippen molar-refractivity contribution in [2.75, 3.05) is 20.2 Å². The fraction of sp³-hybridized carbons (Fsp3) is 0.556. The van der Waals surface area contributed by atoms with E-state index in [-0.39, 0.29) is 23.3 Å². The Morgan fingerprint density at radius 3 is 2.61 bits per heavy atom. The SMILES string of the molecule is CCN(CC(=O)OC)S(=O)(=O)c1ncn(C)c1Cl. The molecule has 1 aromatic rings. The number of nitrogens with zero attached hydrogens (tertiary/aromatic N) is 3. The maximum absolute atomic E-state index is 12.2. The Balaban J connectivity index is 3.11. The maximum atomic E-state index is 12.2. The van der Waals surface area contributed by atoms with E-state index in [2.05, 4.69) is 9.72 Å². The van der Waals surface area contributed by atoms with Crippen molar-refractivity contribution in [2.24, 2.45) is 7.05 Å². The molecule has 0 fully saturated rings. The Kier molecular flexibility index (Phi) is 4.71. The van der Waals surface area contributed by atoms with E-state index in [0.29, 0.717) is 0 Å². The number of carbonyl (C=O) groups is 1. The van der Waals surface area contributed by atoms with Crippen molar-refractivity contribution in [2.45, 2.75) is 11.9 Å². The zero-order chi connectivity index (χ0) is 13.9. The molecular weight excluding hydrogens is 282 g/mol. The van der Waals surface area contributed by atoms with Gasteiger partial charge in [-0.1, -0.05) is 18.5 Å². The molecule has 7 nitrogen and oxygen atoms in total. The van der Waals surface area contributed by atoms with Crippen LogP contribution in [0.1, 0.15) is 6.92 Å². The van der Waals surface area contributed by atoms with E-state index in [1.165, 1.54) is 18.0 Å². The predicted octanol–water partition coefficient (Wildman–Crippen LogP) is 0.257. The second-order valence-electron chi connectivity index (χ2n) is 3.46. The quantitative estimate of drug-likeness (QED) is 0.728. The van der Waals surface area contributed by atoms with Crippen LogP contribution in [0.3, 0.4) is 0 Å². The fourth-order valence-corrected chi connectivity index (χ4v) is 3.05. The molecular formula is C9H14ClN3O4S. The molecule has 0 saturated heterocycles. The highest BCUT2D eigenvalue weighted by atomic mass is 35.5. The van der Waals surface area contributed by atoms with E-state index >= 15 is 0 Å². The molecule has 18 heavy (non-hydrogen) atoms. The van der Waals surface area contributed by atoms with Crippen molar-refractivity contribution >= 4 is 27.6 Å². The van der Waals surface area contributed by atoms with Gasteiger partial charge in [0.1, 0.15) is 11.7 Å². The van der Waals surface area contributed by atoms with Crippen molar-refractivity contribution in [1.82, 2.24) is 13.9 Å². The Hall–Kier alpha value is -1.12. The average molecular weight is 296 g/mol. The number of esters is 1. The molecule has 0 aliphatic rings. The average Bonchev–Trinajstić information content (AvgIpc) is 2.66. The first-order valence-corrected chi connectivity index (χ1v) is 6.90. The number of carbonyl (C=O) groups excluding carboxylic acids is 1. The molecule has 0 aliphatic carbocycles. The van der Waals surface area contributed by atoms with Gasteiger partial charge in [-0.05, 0) is 0 Å². The van der Waals surface area contributed by atoms with Gasteiger partial charge in [0.05, 0.1) is 13.4 Å². The summed E-state index contributed by atoms with van der Waals surface area (Å²) in [4.78, 5) is 14.9. The van der Waals surface area contributed by atoms with Crippen LogP contribution in [0.2, 0.25) is 5.15 Å². The topological polar surface area (TPSA) is 81.5 Å². The van der Waals surface area contributed by atoms with E-state index in [0.717, 1.165) is 4.31 Å². The Morgan fingerprint density at radius 1 is 1.61 bits per heavy atom. The molecule has 0 aliphatic heterocycles. The standard InChI is InChI=1S/C9H14ClN3O4S/c1-4-13(5-7(14)17-3)18(15,16)9-8(10)12(2)6-11-9/h6H,4-5H2,1-3H3. The van der Waals surface area contributed by atoms with Crippen LogP contribution in [-0.2, 0) is 26.6 Å². The van der Waals surface area contributed by atoms with Crippen LogP contribution in [0, 0.1) is 0 Å². The lowest BCUT2D eigenvalue weighted by Crippen LogP contribution is -2.36. The van der Waals surface area contributed by atoms with Gasteiger partial charge >= 0.3 is 5.97 Å². The van der Waals surface area contributed by atoms with Crippen LogP contribution in [0.4, 0.5) is 0 Å². The highest BCUT2D eigenvalue weighted by molar-refractivity contribution is 7.89. The third-order valence-corrected chi connectivity index (χ3v) is 4.72. The Morgan fingerprint density at radius 2 is 2.22 bits per heavy atom. The molecule has 0 spiro atoms. The molecule has 1 rings (SSSR count). The molecule has 0 radical (unpaired) electrons. The summed E-state index contributed by atoms with van der Waals surface area (Å²) in [6.07, 6.45) is 1.29.